The minimum atomic E-state index is -0.656. The van der Waals surface area contributed by atoms with Gasteiger partial charge in [0, 0.05) is 22.6 Å². The number of carbonyl (C=O) groups is 2. The zero-order chi connectivity index (χ0) is 21.6. The highest BCUT2D eigenvalue weighted by Gasteiger charge is 2.26. The Kier molecular flexibility index (Phi) is 8.35. The van der Waals surface area contributed by atoms with Crippen LogP contribution in [0.25, 0.3) is 0 Å². The summed E-state index contributed by atoms with van der Waals surface area (Å²) >= 11 is 12.0. The zero-order valence-corrected chi connectivity index (χ0v) is 18.6. The van der Waals surface area contributed by atoms with E-state index >= 15 is 0 Å². The first-order valence-corrected chi connectivity index (χ1v) is 10.2. The number of benzene rings is 2. The summed E-state index contributed by atoms with van der Waals surface area (Å²) in [5, 5.41) is 4.09. The molecule has 0 aliphatic carbocycles. The molecule has 0 saturated heterocycles. The van der Waals surface area contributed by atoms with E-state index in [-0.39, 0.29) is 31.0 Å². The molecular formula is C22H26Cl2N2O3. The third kappa shape index (κ3) is 6.94. The van der Waals surface area contributed by atoms with Crippen LogP contribution >= 0.6 is 23.2 Å². The van der Waals surface area contributed by atoms with Gasteiger partial charge in [-0.3, -0.25) is 9.59 Å². The van der Waals surface area contributed by atoms with Crippen molar-refractivity contribution >= 4 is 35.0 Å². The van der Waals surface area contributed by atoms with Gasteiger partial charge in [-0.1, -0.05) is 35.3 Å². The lowest BCUT2D eigenvalue weighted by Crippen LogP contribution is -2.50. The van der Waals surface area contributed by atoms with Crippen LogP contribution < -0.4 is 10.1 Å². The number of rotatable bonds is 8. The monoisotopic (exact) mass is 436 g/mol. The molecule has 0 saturated carbocycles. The maximum Gasteiger partial charge on any atom is 0.261 e. The second-order valence-corrected chi connectivity index (χ2v) is 8.03. The van der Waals surface area contributed by atoms with E-state index in [2.05, 4.69) is 5.32 Å². The van der Waals surface area contributed by atoms with Crippen molar-refractivity contribution in [3.05, 3.63) is 63.6 Å². The molecule has 1 atom stereocenters. The molecule has 0 fully saturated rings. The van der Waals surface area contributed by atoms with Gasteiger partial charge in [0.15, 0.2) is 6.61 Å². The quantitative estimate of drug-likeness (QED) is 0.656. The van der Waals surface area contributed by atoms with Gasteiger partial charge in [-0.15, -0.1) is 0 Å². The fraction of sp³-hybridized carbons (Fsp3) is 0.364. The third-order valence-electron chi connectivity index (χ3n) is 4.36. The molecule has 2 rings (SSSR count). The van der Waals surface area contributed by atoms with Gasteiger partial charge < -0.3 is 15.0 Å². The molecule has 0 aliphatic rings. The van der Waals surface area contributed by atoms with Crippen molar-refractivity contribution < 1.29 is 14.3 Å². The molecule has 0 unspecified atom stereocenters. The van der Waals surface area contributed by atoms with Crippen LogP contribution in [0.5, 0.6) is 5.75 Å². The van der Waals surface area contributed by atoms with Crippen molar-refractivity contribution in [3.8, 4) is 5.75 Å². The molecule has 7 heteroatoms. The fourth-order valence-electron chi connectivity index (χ4n) is 2.71. The van der Waals surface area contributed by atoms with Gasteiger partial charge in [0.25, 0.3) is 5.91 Å². The first-order valence-electron chi connectivity index (χ1n) is 9.40. The second kappa shape index (κ2) is 10.5. The van der Waals surface area contributed by atoms with Crippen molar-refractivity contribution in [2.45, 2.75) is 46.3 Å². The summed E-state index contributed by atoms with van der Waals surface area (Å²) in [7, 11) is 0. The lowest BCUT2D eigenvalue weighted by Gasteiger charge is -2.29. The number of halogens is 2. The van der Waals surface area contributed by atoms with Gasteiger partial charge in [-0.25, -0.2) is 0 Å². The highest BCUT2D eigenvalue weighted by molar-refractivity contribution is 6.31. The fourth-order valence-corrected chi connectivity index (χ4v) is 2.95. The largest absolute Gasteiger partial charge is 0.484 e. The van der Waals surface area contributed by atoms with E-state index in [1.54, 1.807) is 37.3 Å². The zero-order valence-electron chi connectivity index (χ0n) is 17.0. The van der Waals surface area contributed by atoms with Crippen molar-refractivity contribution in [2.24, 2.45) is 0 Å². The summed E-state index contributed by atoms with van der Waals surface area (Å²) in [6.45, 7) is 7.41. The number of hydrogen-bond acceptors (Lipinski definition) is 3. The summed E-state index contributed by atoms with van der Waals surface area (Å²) in [4.78, 5) is 27.0. The van der Waals surface area contributed by atoms with Crippen LogP contribution in [0.4, 0.5) is 0 Å². The van der Waals surface area contributed by atoms with E-state index in [0.717, 1.165) is 11.1 Å². The Labute approximate surface area is 181 Å². The van der Waals surface area contributed by atoms with Gasteiger partial charge >= 0.3 is 0 Å². The average Bonchev–Trinajstić information content (AvgIpc) is 2.67. The molecule has 0 aliphatic heterocycles. The Hall–Kier alpha value is -2.24. The van der Waals surface area contributed by atoms with Crippen LogP contribution in [0, 0.1) is 6.92 Å². The molecule has 0 heterocycles. The van der Waals surface area contributed by atoms with Crippen LogP contribution in [0.1, 0.15) is 31.9 Å². The molecule has 0 radical (unpaired) electrons. The summed E-state index contributed by atoms with van der Waals surface area (Å²) in [6.07, 6.45) is 0. The molecule has 2 aromatic carbocycles. The molecule has 1 N–H and O–H groups in total. The number of nitrogens with zero attached hydrogens (tertiary/aromatic N) is 1. The molecule has 156 valence electrons. The molecular weight excluding hydrogens is 411 g/mol. The van der Waals surface area contributed by atoms with Gasteiger partial charge in [0.1, 0.15) is 11.8 Å². The Morgan fingerprint density at radius 3 is 2.31 bits per heavy atom. The number of aryl methyl sites for hydroxylation is 1. The number of carbonyl (C=O) groups excluding carboxylic acids is 2. The van der Waals surface area contributed by atoms with E-state index in [1.807, 2.05) is 32.9 Å². The predicted molar refractivity (Wildman–Crippen MR) is 116 cm³/mol. The average molecular weight is 437 g/mol. The molecule has 2 amide bonds. The minimum Gasteiger partial charge on any atom is -0.484 e. The van der Waals surface area contributed by atoms with Crippen LogP contribution in [0.2, 0.25) is 10.0 Å². The van der Waals surface area contributed by atoms with Crippen LogP contribution in [0.3, 0.4) is 0 Å². The first-order chi connectivity index (χ1) is 13.7. The third-order valence-corrected chi connectivity index (χ3v) is 5.03. The standard InChI is InChI=1S/C22H26Cl2N2O3/c1-14(2)25-22(28)16(4)26(12-17-5-7-18(23)8-6-17)21(27)13-29-19-9-10-20(24)15(3)11-19/h5-11,14,16H,12-13H2,1-4H3,(H,25,28)/t16-/m0/s1. The Morgan fingerprint density at radius 2 is 1.72 bits per heavy atom. The number of nitrogens with one attached hydrogen (secondary N) is 1. The first kappa shape index (κ1) is 23.0. The molecule has 0 aromatic heterocycles. The SMILES string of the molecule is Cc1cc(OCC(=O)N(Cc2ccc(Cl)cc2)[C@@H](C)C(=O)NC(C)C)ccc1Cl. The van der Waals surface area contributed by atoms with Crippen molar-refractivity contribution in [1.29, 1.82) is 0 Å². The second-order valence-electron chi connectivity index (χ2n) is 7.19. The molecule has 0 bridgehead atoms. The van der Waals surface area contributed by atoms with Crippen molar-refractivity contribution in [3.63, 3.8) is 0 Å². The smallest absolute Gasteiger partial charge is 0.261 e. The van der Waals surface area contributed by atoms with E-state index in [0.29, 0.717) is 15.8 Å². The molecule has 29 heavy (non-hydrogen) atoms. The van der Waals surface area contributed by atoms with E-state index in [9.17, 15) is 9.59 Å². The lowest BCUT2D eigenvalue weighted by atomic mass is 10.1. The summed E-state index contributed by atoms with van der Waals surface area (Å²) in [5.41, 5.74) is 1.73. The van der Waals surface area contributed by atoms with Crippen LogP contribution in [-0.4, -0.2) is 35.4 Å². The Balaban J connectivity index is 2.15. The normalized spacial score (nSPS) is 11.8. The van der Waals surface area contributed by atoms with E-state index < -0.39 is 6.04 Å². The van der Waals surface area contributed by atoms with Crippen LogP contribution in [-0.2, 0) is 16.1 Å². The van der Waals surface area contributed by atoms with E-state index in [1.165, 1.54) is 4.90 Å². The van der Waals surface area contributed by atoms with Crippen molar-refractivity contribution in [1.82, 2.24) is 10.2 Å². The maximum absolute atomic E-state index is 12.9. The van der Waals surface area contributed by atoms with Gasteiger partial charge in [-0.05, 0) is 69.2 Å². The topological polar surface area (TPSA) is 58.6 Å². The Morgan fingerprint density at radius 1 is 1.07 bits per heavy atom. The summed E-state index contributed by atoms with van der Waals surface area (Å²) < 4.78 is 5.65. The van der Waals surface area contributed by atoms with E-state index in [4.69, 9.17) is 27.9 Å². The minimum absolute atomic E-state index is 0.0225. The molecule has 5 nitrogen and oxygen atoms in total. The highest BCUT2D eigenvalue weighted by Crippen LogP contribution is 2.21. The Bertz CT molecular complexity index is 854. The summed E-state index contributed by atoms with van der Waals surface area (Å²) in [5.74, 6) is 0.0367. The lowest BCUT2D eigenvalue weighted by molar-refractivity contribution is -0.142. The number of ether oxygens (including phenoxy) is 1. The summed E-state index contributed by atoms with van der Waals surface area (Å²) in [6, 6.07) is 11.7. The predicted octanol–water partition coefficient (Wildman–Crippen LogP) is 4.62. The highest BCUT2D eigenvalue weighted by atomic mass is 35.5. The van der Waals surface area contributed by atoms with Gasteiger partial charge in [-0.2, -0.15) is 0 Å². The van der Waals surface area contributed by atoms with Gasteiger partial charge in [0.2, 0.25) is 5.91 Å². The molecule has 2 aromatic rings. The maximum atomic E-state index is 12.9. The van der Waals surface area contributed by atoms with Crippen molar-refractivity contribution in [2.75, 3.05) is 6.61 Å². The molecule has 0 spiro atoms. The van der Waals surface area contributed by atoms with Crippen LogP contribution in [0.15, 0.2) is 42.5 Å². The van der Waals surface area contributed by atoms with Gasteiger partial charge in [0.05, 0.1) is 0 Å². The number of hydrogen-bond donors (Lipinski definition) is 1. The number of amides is 2.